The quantitative estimate of drug-likeness (QED) is 0.715. The van der Waals surface area contributed by atoms with Gasteiger partial charge in [0.15, 0.2) is 10.4 Å². The number of amides is 1. The van der Waals surface area contributed by atoms with Gasteiger partial charge in [-0.25, -0.2) is 8.42 Å². The topological polar surface area (TPSA) is 67.6 Å². The maximum atomic E-state index is 12.6. The number of hydrogen-bond acceptors (Lipinski definition) is 4. The fraction of sp³-hybridized carbons (Fsp3) is 0.615. The number of likely N-dealkylation sites (tertiary alicyclic amines) is 1. The molecule has 1 aliphatic heterocycles. The van der Waals surface area contributed by atoms with Gasteiger partial charge in [-0.3, -0.25) is 4.79 Å². The van der Waals surface area contributed by atoms with E-state index in [1.54, 1.807) is 4.90 Å². The molecule has 118 valence electrons. The Kier molecular flexibility index (Phi) is 4.75. The highest BCUT2D eigenvalue weighted by Crippen LogP contribution is 2.32. The van der Waals surface area contributed by atoms with Crippen LogP contribution in [-0.2, 0) is 9.05 Å². The van der Waals surface area contributed by atoms with Crippen molar-refractivity contribution in [3.05, 3.63) is 16.5 Å². The van der Waals surface area contributed by atoms with Crippen LogP contribution in [0.5, 0.6) is 0 Å². The minimum atomic E-state index is -3.95. The number of halogens is 2. The van der Waals surface area contributed by atoms with Crippen LogP contribution in [0.4, 0.5) is 0 Å². The number of carbonyl (C=O) groups is 1. The normalized spacial score (nSPS) is 26.9. The van der Waals surface area contributed by atoms with E-state index in [-0.39, 0.29) is 27.3 Å². The molecule has 0 spiro atoms. The molecule has 0 saturated carbocycles. The van der Waals surface area contributed by atoms with Crippen LogP contribution in [0.1, 0.15) is 37.7 Å². The Balaban J connectivity index is 2.32. The standard InChI is InChI=1S/C13H17BrClNO4S/c1-7-4-8(2)9(3)16(6-7)13(17)10-5-11(12(14)20-10)21(15,18)19/h5,7-9H,4,6H2,1-3H3. The summed E-state index contributed by atoms with van der Waals surface area (Å²) in [5, 5.41) is 0. The van der Waals surface area contributed by atoms with Gasteiger partial charge >= 0.3 is 0 Å². The van der Waals surface area contributed by atoms with Crippen molar-refractivity contribution in [1.82, 2.24) is 4.90 Å². The predicted molar refractivity (Wildman–Crippen MR) is 82.9 cm³/mol. The van der Waals surface area contributed by atoms with Crippen LogP contribution in [0.15, 0.2) is 20.0 Å². The smallest absolute Gasteiger partial charge is 0.289 e. The van der Waals surface area contributed by atoms with E-state index in [1.807, 2.05) is 6.92 Å². The van der Waals surface area contributed by atoms with E-state index < -0.39 is 9.05 Å². The summed E-state index contributed by atoms with van der Waals surface area (Å²) >= 11 is 2.98. The molecule has 1 amide bonds. The molecule has 1 aliphatic rings. The van der Waals surface area contributed by atoms with Crippen molar-refractivity contribution in [3.63, 3.8) is 0 Å². The summed E-state index contributed by atoms with van der Waals surface area (Å²) in [6, 6.07) is 1.25. The van der Waals surface area contributed by atoms with E-state index in [0.29, 0.717) is 18.4 Å². The maximum absolute atomic E-state index is 12.6. The lowest BCUT2D eigenvalue weighted by atomic mass is 9.86. The zero-order chi connectivity index (χ0) is 15.9. The van der Waals surface area contributed by atoms with Crippen molar-refractivity contribution in [2.75, 3.05) is 6.54 Å². The SMILES string of the molecule is CC1CC(C)C(C)N(C(=O)c2cc(S(=O)(=O)Cl)c(Br)o2)C1. The molecule has 3 atom stereocenters. The second-order valence-corrected chi connectivity index (χ2v) is 8.96. The van der Waals surface area contributed by atoms with Gasteiger partial charge in [-0.05, 0) is 41.1 Å². The molecule has 0 bridgehead atoms. The molecule has 1 aromatic heterocycles. The molecule has 1 aromatic rings. The molecule has 2 heterocycles. The van der Waals surface area contributed by atoms with E-state index >= 15 is 0 Å². The highest BCUT2D eigenvalue weighted by Gasteiger charge is 2.34. The summed E-state index contributed by atoms with van der Waals surface area (Å²) in [6.45, 7) is 6.82. The first-order chi connectivity index (χ1) is 9.61. The zero-order valence-electron chi connectivity index (χ0n) is 12.0. The van der Waals surface area contributed by atoms with Crippen molar-refractivity contribution < 1.29 is 17.6 Å². The van der Waals surface area contributed by atoms with Crippen molar-refractivity contribution in [3.8, 4) is 0 Å². The molecule has 0 radical (unpaired) electrons. The molecule has 1 fully saturated rings. The summed E-state index contributed by atoms with van der Waals surface area (Å²) in [4.78, 5) is 14.1. The van der Waals surface area contributed by atoms with Gasteiger partial charge in [-0.2, -0.15) is 0 Å². The number of furan rings is 1. The third kappa shape index (κ3) is 3.46. The van der Waals surface area contributed by atoms with Gasteiger partial charge in [0.1, 0.15) is 4.90 Å². The monoisotopic (exact) mass is 397 g/mol. The van der Waals surface area contributed by atoms with E-state index in [9.17, 15) is 13.2 Å². The van der Waals surface area contributed by atoms with Crippen LogP contribution >= 0.6 is 26.6 Å². The number of hydrogen-bond donors (Lipinski definition) is 0. The molecule has 5 nitrogen and oxygen atoms in total. The van der Waals surface area contributed by atoms with Gasteiger partial charge in [0.25, 0.3) is 15.0 Å². The third-order valence-electron chi connectivity index (χ3n) is 3.99. The van der Waals surface area contributed by atoms with Gasteiger partial charge in [0.2, 0.25) is 0 Å². The Bertz CT molecular complexity index is 657. The summed E-state index contributed by atoms with van der Waals surface area (Å²) in [6.07, 6.45) is 1.06. The van der Waals surface area contributed by atoms with Gasteiger partial charge in [-0.1, -0.05) is 13.8 Å². The first-order valence-electron chi connectivity index (χ1n) is 6.66. The molecular formula is C13H17BrClNO4S. The number of rotatable bonds is 2. The molecule has 1 saturated heterocycles. The zero-order valence-corrected chi connectivity index (χ0v) is 15.1. The number of carbonyl (C=O) groups excluding carboxylic acids is 1. The Hall–Kier alpha value is -0.530. The Morgan fingerprint density at radius 3 is 2.57 bits per heavy atom. The van der Waals surface area contributed by atoms with Crippen LogP contribution in [0, 0.1) is 11.8 Å². The van der Waals surface area contributed by atoms with E-state index in [2.05, 4.69) is 29.8 Å². The van der Waals surface area contributed by atoms with Gasteiger partial charge < -0.3 is 9.32 Å². The summed E-state index contributed by atoms with van der Waals surface area (Å²) in [5.74, 6) is 0.449. The highest BCUT2D eigenvalue weighted by molar-refractivity contribution is 9.10. The van der Waals surface area contributed by atoms with E-state index in [4.69, 9.17) is 15.1 Å². The van der Waals surface area contributed by atoms with Crippen LogP contribution in [0.25, 0.3) is 0 Å². The fourth-order valence-corrected chi connectivity index (χ4v) is 4.78. The second-order valence-electron chi connectivity index (χ2n) is 5.70. The van der Waals surface area contributed by atoms with Crippen LogP contribution in [0.3, 0.4) is 0 Å². The van der Waals surface area contributed by atoms with Crippen molar-refractivity contribution in [2.45, 2.75) is 38.1 Å². The first-order valence-corrected chi connectivity index (χ1v) is 9.76. The molecule has 8 heteroatoms. The summed E-state index contributed by atoms with van der Waals surface area (Å²) in [5.41, 5.74) is 0. The van der Waals surface area contributed by atoms with Crippen LogP contribution < -0.4 is 0 Å². The highest BCUT2D eigenvalue weighted by atomic mass is 79.9. The summed E-state index contributed by atoms with van der Waals surface area (Å²) in [7, 11) is 1.35. The minimum absolute atomic E-state index is 0.0192. The maximum Gasteiger partial charge on any atom is 0.289 e. The largest absolute Gasteiger partial charge is 0.443 e. The average molecular weight is 399 g/mol. The molecule has 3 unspecified atom stereocenters. The van der Waals surface area contributed by atoms with Crippen molar-refractivity contribution in [2.24, 2.45) is 11.8 Å². The fourth-order valence-electron chi connectivity index (χ4n) is 2.75. The first kappa shape index (κ1) is 16.8. The lowest BCUT2D eigenvalue weighted by molar-refractivity contribution is 0.0424. The van der Waals surface area contributed by atoms with Crippen LogP contribution in [-0.4, -0.2) is 31.8 Å². The Morgan fingerprint density at radius 2 is 2.05 bits per heavy atom. The minimum Gasteiger partial charge on any atom is -0.443 e. The van der Waals surface area contributed by atoms with Gasteiger partial charge in [-0.15, -0.1) is 0 Å². The Labute approximate surface area is 137 Å². The molecular weight excluding hydrogens is 382 g/mol. The van der Waals surface area contributed by atoms with Gasteiger partial charge in [0, 0.05) is 29.3 Å². The predicted octanol–water partition coefficient (Wildman–Crippen LogP) is 3.48. The molecule has 2 rings (SSSR count). The number of piperidine rings is 1. The van der Waals surface area contributed by atoms with Crippen molar-refractivity contribution >= 4 is 41.6 Å². The van der Waals surface area contributed by atoms with Gasteiger partial charge in [0.05, 0.1) is 0 Å². The van der Waals surface area contributed by atoms with Crippen LogP contribution in [0.2, 0.25) is 0 Å². The van der Waals surface area contributed by atoms with E-state index in [1.165, 1.54) is 6.07 Å². The lowest BCUT2D eigenvalue weighted by Crippen LogP contribution is -2.48. The second kappa shape index (κ2) is 5.93. The average Bonchev–Trinajstić information content (AvgIpc) is 2.75. The Morgan fingerprint density at radius 1 is 1.43 bits per heavy atom. The summed E-state index contributed by atoms with van der Waals surface area (Å²) < 4.78 is 28.0. The number of nitrogens with zero attached hydrogens (tertiary/aromatic N) is 1. The molecule has 0 aliphatic carbocycles. The molecule has 0 N–H and O–H groups in total. The molecule has 0 aromatic carbocycles. The van der Waals surface area contributed by atoms with Crippen molar-refractivity contribution in [1.29, 1.82) is 0 Å². The van der Waals surface area contributed by atoms with E-state index in [0.717, 1.165) is 6.42 Å². The lowest BCUT2D eigenvalue weighted by Gasteiger charge is -2.40. The molecule has 21 heavy (non-hydrogen) atoms. The third-order valence-corrected chi connectivity index (χ3v) is 6.17.